The van der Waals surface area contributed by atoms with Crippen molar-refractivity contribution in [1.29, 1.82) is 0 Å². The number of rotatable bonds is 4. The Balaban J connectivity index is 1.77. The summed E-state index contributed by atoms with van der Waals surface area (Å²) in [4.78, 5) is 13.8. The molecule has 5 nitrogen and oxygen atoms in total. The van der Waals surface area contributed by atoms with Gasteiger partial charge in [0.05, 0.1) is 7.11 Å². The number of esters is 1. The molecule has 2 rings (SSSR count). The quantitative estimate of drug-likeness (QED) is 0.716. The van der Waals surface area contributed by atoms with Gasteiger partial charge in [-0.2, -0.15) is 0 Å². The van der Waals surface area contributed by atoms with E-state index in [-0.39, 0.29) is 5.92 Å². The lowest BCUT2D eigenvalue weighted by Crippen LogP contribution is -2.45. The van der Waals surface area contributed by atoms with Crippen LogP contribution < -0.4 is 5.32 Å². The molecule has 110 valence electrons. The number of aliphatic hydroxyl groups is 1. The number of nitrogens with one attached hydrogen (secondary N) is 1. The summed E-state index contributed by atoms with van der Waals surface area (Å²) in [6.07, 6.45) is 2.04. The number of hydrogen-bond donors (Lipinski definition) is 2. The molecule has 0 bridgehead atoms. The maximum absolute atomic E-state index is 11.3. The van der Waals surface area contributed by atoms with Crippen LogP contribution in [0.3, 0.4) is 0 Å². The highest BCUT2D eigenvalue weighted by Gasteiger charge is 2.34. The van der Waals surface area contributed by atoms with Crippen molar-refractivity contribution in [1.82, 2.24) is 10.2 Å². The Morgan fingerprint density at radius 3 is 2.74 bits per heavy atom. The number of hydrogen-bond acceptors (Lipinski definition) is 5. The zero-order valence-corrected chi connectivity index (χ0v) is 12.0. The van der Waals surface area contributed by atoms with E-state index < -0.39 is 12.1 Å². The number of carbonyl (C=O) groups excluding carboxylic acids is 1. The van der Waals surface area contributed by atoms with Crippen LogP contribution in [-0.4, -0.2) is 61.9 Å². The highest BCUT2D eigenvalue weighted by atomic mass is 16.5. The van der Waals surface area contributed by atoms with Gasteiger partial charge in [-0.3, -0.25) is 0 Å². The molecule has 2 unspecified atom stereocenters. The molecule has 5 heteroatoms. The van der Waals surface area contributed by atoms with Gasteiger partial charge in [-0.05, 0) is 50.2 Å². The van der Waals surface area contributed by atoms with E-state index in [1.165, 1.54) is 13.5 Å². The van der Waals surface area contributed by atoms with E-state index in [0.29, 0.717) is 5.41 Å². The Bertz CT molecular complexity index is 308. The maximum atomic E-state index is 11.3. The number of nitrogens with zero attached hydrogens (tertiary/aromatic N) is 1. The van der Waals surface area contributed by atoms with Crippen LogP contribution >= 0.6 is 0 Å². The zero-order chi connectivity index (χ0) is 13.9. The Hall–Kier alpha value is -0.650. The second kappa shape index (κ2) is 6.20. The van der Waals surface area contributed by atoms with E-state index in [9.17, 15) is 9.90 Å². The number of methoxy groups -OCH3 is 1. The summed E-state index contributed by atoms with van der Waals surface area (Å²) < 4.78 is 4.60. The van der Waals surface area contributed by atoms with E-state index in [1.54, 1.807) is 0 Å². The van der Waals surface area contributed by atoms with Crippen molar-refractivity contribution < 1.29 is 14.6 Å². The molecule has 0 radical (unpaired) electrons. The molecule has 0 aromatic heterocycles. The first-order valence-corrected chi connectivity index (χ1v) is 7.23. The van der Waals surface area contributed by atoms with Crippen LogP contribution in [-0.2, 0) is 9.53 Å². The third kappa shape index (κ3) is 3.68. The monoisotopic (exact) mass is 270 g/mol. The molecule has 0 aromatic carbocycles. The minimum absolute atomic E-state index is 0.0539. The van der Waals surface area contributed by atoms with Crippen molar-refractivity contribution in [3.63, 3.8) is 0 Å². The van der Waals surface area contributed by atoms with E-state index in [2.05, 4.69) is 21.9 Å². The Morgan fingerprint density at radius 2 is 2.21 bits per heavy atom. The van der Waals surface area contributed by atoms with Gasteiger partial charge in [0.25, 0.3) is 0 Å². The summed E-state index contributed by atoms with van der Waals surface area (Å²) in [6, 6.07) is 0. The molecule has 0 spiro atoms. The van der Waals surface area contributed by atoms with E-state index >= 15 is 0 Å². The zero-order valence-electron chi connectivity index (χ0n) is 12.0. The molecule has 2 N–H and O–H groups in total. The first kappa shape index (κ1) is 14.8. The normalized spacial score (nSPS) is 31.3. The molecule has 2 aliphatic rings. The van der Waals surface area contributed by atoms with Crippen molar-refractivity contribution in [2.75, 3.05) is 39.8 Å². The molecule has 19 heavy (non-hydrogen) atoms. The highest BCUT2D eigenvalue weighted by Crippen LogP contribution is 2.29. The smallest absolute Gasteiger partial charge is 0.334 e. The van der Waals surface area contributed by atoms with Gasteiger partial charge >= 0.3 is 5.97 Å². The van der Waals surface area contributed by atoms with Crippen molar-refractivity contribution in [3.05, 3.63) is 0 Å². The fourth-order valence-electron chi connectivity index (χ4n) is 3.28. The maximum Gasteiger partial charge on any atom is 0.334 e. The van der Waals surface area contributed by atoms with Gasteiger partial charge in [0, 0.05) is 13.1 Å². The summed E-state index contributed by atoms with van der Waals surface area (Å²) in [7, 11) is 1.33. The van der Waals surface area contributed by atoms with Gasteiger partial charge in [-0.15, -0.1) is 0 Å². The Labute approximate surface area is 115 Å². The van der Waals surface area contributed by atoms with Crippen molar-refractivity contribution >= 4 is 5.97 Å². The van der Waals surface area contributed by atoms with E-state index in [0.717, 1.165) is 45.6 Å². The first-order chi connectivity index (χ1) is 9.04. The fourth-order valence-corrected chi connectivity index (χ4v) is 3.28. The first-order valence-electron chi connectivity index (χ1n) is 7.23. The molecule has 2 heterocycles. The van der Waals surface area contributed by atoms with Crippen LogP contribution in [0.2, 0.25) is 0 Å². The average molecular weight is 270 g/mol. The lowest BCUT2D eigenvalue weighted by Gasteiger charge is -2.37. The second-order valence-electron chi connectivity index (χ2n) is 6.32. The standard InChI is InChI=1S/C14H26N2O3/c1-14(5-6-15-9-14)10-16-7-3-11(4-8-16)12(17)13(18)19-2/h11-12,15,17H,3-10H2,1-2H3. The predicted molar refractivity (Wildman–Crippen MR) is 72.8 cm³/mol. The van der Waals surface area contributed by atoms with Gasteiger partial charge in [0.1, 0.15) is 0 Å². The van der Waals surface area contributed by atoms with Crippen LogP contribution in [0.5, 0.6) is 0 Å². The third-order valence-corrected chi connectivity index (χ3v) is 4.58. The van der Waals surface area contributed by atoms with Crippen LogP contribution in [0.4, 0.5) is 0 Å². The molecule has 2 saturated heterocycles. The molecule has 0 saturated carbocycles. The molecule has 2 aliphatic heterocycles. The van der Waals surface area contributed by atoms with Crippen molar-refractivity contribution in [2.24, 2.45) is 11.3 Å². The lowest BCUT2D eigenvalue weighted by atomic mass is 9.86. The number of piperidine rings is 1. The van der Waals surface area contributed by atoms with Gasteiger partial charge < -0.3 is 20.1 Å². The van der Waals surface area contributed by atoms with Crippen molar-refractivity contribution in [3.8, 4) is 0 Å². The van der Waals surface area contributed by atoms with Crippen molar-refractivity contribution in [2.45, 2.75) is 32.3 Å². The number of carbonyl (C=O) groups is 1. The van der Waals surface area contributed by atoms with Crippen LogP contribution in [0, 0.1) is 11.3 Å². The molecule has 0 aliphatic carbocycles. The Kier molecular flexibility index (Phi) is 4.81. The fraction of sp³-hybridized carbons (Fsp3) is 0.929. The summed E-state index contributed by atoms with van der Waals surface area (Å²) >= 11 is 0. The molecule has 2 atom stereocenters. The SMILES string of the molecule is COC(=O)C(O)C1CCN(CC2(C)CCNC2)CC1. The summed E-state index contributed by atoms with van der Waals surface area (Å²) in [5.41, 5.74) is 0.383. The largest absolute Gasteiger partial charge is 0.467 e. The molecular formula is C14H26N2O3. The van der Waals surface area contributed by atoms with Gasteiger partial charge in [0.15, 0.2) is 6.10 Å². The minimum Gasteiger partial charge on any atom is -0.467 e. The van der Waals surface area contributed by atoms with Gasteiger partial charge in [-0.1, -0.05) is 6.92 Å². The summed E-state index contributed by atoms with van der Waals surface area (Å²) in [5, 5.41) is 13.3. The number of likely N-dealkylation sites (tertiary alicyclic amines) is 1. The van der Waals surface area contributed by atoms with Gasteiger partial charge in [-0.25, -0.2) is 4.79 Å². The van der Waals surface area contributed by atoms with Crippen LogP contribution in [0.15, 0.2) is 0 Å². The predicted octanol–water partition coefficient (Wildman–Crippen LogP) is 0.232. The van der Waals surface area contributed by atoms with Crippen LogP contribution in [0.25, 0.3) is 0 Å². The molecular weight excluding hydrogens is 244 g/mol. The van der Waals surface area contributed by atoms with Crippen LogP contribution in [0.1, 0.15) is 26.2 Å². The Morgan fingerprint density at radius 1 is 1.53 bits per heavy atom. The molecule has 0 aromatic rings. The third-order valence-electron chi connectivity index (χ3n) is 4.58. The second-order valence-corrected chi connectivity index (χ2v) is 6.32. The average Bonchev–Trinajstić information content (AvgIpc) is 2.84. The summed E-state index contributed by atoms with van der Waals surface area (Å²) in [5.74, 6) is -0.441. The summed E-state index contributed by atoms with van der Waals surface area (Å²) in [6.45, 7) is 7.60. The molecule has 2 fully saturated rings. The minimum atomic E-state index is -0.948. The lowest BCUT2D eigenvalue weighted by molar-refractivity contribution is -0.154. The van der Waals surface area contributed by atoms with Gasteiger partial charge in [0.2, 0.25) is 0 Å². The van der Waals surface area contributed by atoms with E-state index in [1.807, 2.05) is 0 Å². The van der Waals surface area contributed by atoms with E-state index in [4.69, 9.17) is 0 Å². The number of aliphatic hydroxyl groups excluding tert-OH is 1. The number of ether oxygens (including phenoxy) is 1. The molecule has 0 amide bonds. The highest BCUT2D eigenvalue weighted by molar-refractivity contribution is 5.74. The topological polar surface area (TPSA) is 61.8 Å².